The standard InChI is InChI=1S/C26H35N5O3S/c1-3-19-14-27-23-13-20(30-9-11-34-12-10-30)6-7-22(23)25(29-19)31-8-4-5-18(16-31)24(32)26-28-15-21(35-26)17-33-2/h6-7,13-15,18-19,24,32H,3-5,8-12,16-17H2,1-2H3. The molecule has 4 heterocycles. The Labute approximate surface area is 211 Å². The monoisotopic (exact) mass is 497 g/mol. The van der Waals surface area contributed by atoms with Gasteiger partial charge >= 0.3 is 0 Å². The lowest BCUT2D eigenvalue weighted by molar-refractivity contribution is 0.0704. The van der Waals surface area contributed by atoms with Gasteiger partial charge in [-0.15, -0.1) is 11.3 Å². The molecular formula is C26H35N5O3S. The molecule has 0 radical (unpaired) electrons. The van der Waals surface area contributed by atoms with Crippen molar-refractivity contribution in [1.29, 1.82) is 0 Å². The van der Waals surface area contributed by atoms with Gasteiger partial charge in [-0.25, -0.2) is 4.98 Å². The molecule has 3 aliphatic heterocycles. The number of morpholine rings is 1. The summed E-state index contributed by atoms with van der Waals surface area (Å²) in [4.78, 5) is 20.2. The van der Waals surface area contributed by atoms with Crippen LogP contribution in [0.4, 0.5) is 11.4 Å². The van der Waals surface area contributed by atoms with Crippen molar-refractivity contribution in [1.82, 2.24) is 9.88 Å². The van der Waals surface area contributed by atoms with E-state index in [0.717, 1.165) is 85.6 Å². The van der Waals surface area contributed by atoms with Crippen molar-refractivity contribution in [2.45, 2.75) is 44.9 Å². The molecule has 5 rings (SSSR count). The van der Waals surface area contributed by atoms with Gasteiger partial charge in [-0.1, -0.05) is 6.92 Å². The normalized spacial score (nSPS) is 23.6. The smallest absolute Gasteiger partial charge is 0.133 e. The molecule has 3 unspecified atom stereocenters. The first-order chi connectivity index (χ1) is 17.2. The molecule has 188 valence electrons. The lowest BCUT2D eigenvalue weighted by atomic mass is 9.92. The molecule has 2 saturated heterocycles. The first-order valence-electron chi connectivity index (χ1n) is 12.6. The molecule has 1 N–H and O–H groups in total. The number of fused-ring (bicyclic) bond motifs is 1. The van der Waals surface area contributed by atoms with Gasteiger partial charge in [0, 0.05) is 62.9 Å². The van der Waals surface area contributed by atoms with Crippen molar-refractivity contribution >= 4 is 34.8 Å². The van der Waals surface area contributed by atoms with Crippen molar-refractivity contribution in [3.63, 3.8) is 0 Å². The molecule has 3 atom stereocenters. The van der Waals surface area contributed by atoms with Crippen molar-refractivity contribution in [2.24, 2.45) is 15.9 Å². The zero-order valence-electron chi connectivity index (χ0n) is 20.6. The Kier molecular flexibility index (Phi) is 7.77. The topological polar surface area (TPSA) is 82.8 Å². The highest BCUT2D eigenvalue weighted by atomic mass is 32.1. The van der Waals surface area contributed by atoms with Crippen LogP contribution in [0.5, 0.6) is 0 Å². The number of amidine groups is 1. The number of thiazole rings is 1. The Morgan fingerprint density at radius 3 is 2.89 bits per heavy atom. The van der Waals surface area contributed by atoms with Crippen molar-refractivity contribution < 1.29 is 14.6 Å². The maximum Gasteiger partial charge on any atom is 0.133 e. The van der Waals surface area contributed by atoms with E-state index in [4.69, 9.17) is 19.5 Å². The van der Waals surface area contributed by atoms with E-state index in [1.807, 2.05) is 12.4 Å². The van der Waals surface area contributed by atoms with Crippen LogP contribution in [0.1, 0.15) is 47.7 Å². The molecule has 8 nitrogen and oxygen atoms in total. The largest absolute Gasteiger partial charge is 0.386 e. The first-order valence-corrected chi connectivity index (χ1v) is 13.4. The van der Waals surface area contributed by atoms with E-state index in [1.165, 1.54) is 17.0 Å². The number of aliphatic hydroxyl groups excluding tert-OH is 1. The number of hydrogen-bond donors (Lipinski definition) is 1. The Bertz CT molecular complexity index is 1070. The summed E-state index contributed by atoms with van der Waals surface area (Å²) in [6.45, 7) is 7.67. The molecule has 1 aromatic heterocycles. The van der Waals surface area contributed by atoms with Crippen LogP contribution in [0, 0.1) is 5.92 Å². The highest BCUT2D eigenvalue weighted by Gasteiger charge is 2.32. The molecule has 0 saturated carbocycles. The predicted molar refractivity (Wildman–Crippen MR) is 140 cm³/mol. The summed E-state index contributed by atoms with van der Waals surface area (Å²) in [5.41, 5.74) is 3.22. The number of anilines is 1. The summed E-state index contributed by atoms with van der Waals surface area (Å²) in [7, 11) is 1.68. The fourth-order valence-electron chi connectivity index (χ4n) is 5.04. The summed E-state index contributed by atoms with van der Waals surface area (Å²) < 4.78 is 10.7. The van der Waals surface area contributed by atoms with E-state index in [9.17, 15) is 5.11 Å². The Hall–Kier alpha value is -2.33. The third-order valence-corrected chi connectivity index (χ3v) is 8.05. The molecule has 0 amide bonds. The number of benzene rings is 1. The molecule has 2 aromatic rings. The van der Waals surface area contributed by atoms with Crippen LogP contribution in [0.2, 0.25) is 0 Å². The predicted octanol–water partition coefficient (Wildman–Crippen LogP) is 3.81. The van der Waals surface area contributed by atoms with Gasteiger partial charge < -0.3 is 24.4 Å². The van der Waals surface area contributed by atoms with Gasteiger partial charge in [-0.2, -0.15) is 0 Å². The van der Waals surface area contributed by atoms with E-state index in [2.05, 4.69) is 39.9 Å². The SMILES string of the molecule is CCC1C=Nc2cc(N3CCOCC3)ccc2C(N2CCCC(C(O)c3ncc(COC)s3)C2)=N1. The van der Waals surface area contributed by atoms with Crippen LogP contribution in [0.15, 0.2) is 34.4 Å². The zero-order valence-corrected chi connectivity index (χ0v) is 21.4. The Morgan fingerprint density at radius 1 is 1.23 bits per heavy atom. The summed E-state index contributed by atoms with van der Waals surface area (Å²) in [6, 6.07) is 6.59. The zero-order chi connectivity index (χ0) is 24.2. The fraction of sp³-hybridized carbons (Fsp3) is 0.577. The Balaban J connectivity index is 1.39. The average molecular weight is 498 g/mol. The molecular weight excluding hydrogens is 462 g/mol. The number of hydrogen-bond acceptors (Lipinski definition) is 9. The average Bonchev–Trinajstić information content (AvgIpc) is 3.29. The van der Waals surface area contributed by atoms with E-state index in [-0.39, 0.29) is 12.0 Å². The molecule has 2 fully saturated rings. The van der Waals surface area contributed by atoms with Gasteiger partial charge in [-0.05, 0) is 37.5 Å². The number of nitrogens with zero attached hydrogens (tertiary/aromatic N) is 5. The van der Waals surface area contributed by atoms with E-state index >= 15 is 0 Å². The minimum Gasteiger partial charge on any atom is -0.386 e. The van der Waals surface area contributed by atoms with Crippen LogP contribution >= 0.6 is 11.3 Å². The summed E-state index contributed by atoms with van der Waals surface area (Å²) in [6.07, 6.45) is 6.10. The van der Waals surface area contributed by atoms with E-state index in [0.29, 0.717) is 6.61 Å². The molecule has 0 aliphatic carbocycles. The number of likely N-dealkylation sites (tertiary alicyclic amines) is 1. The highest BCUT2D eigenvalue weighted by Crippen LogP contribution is 2.35. The molecule has 9 heteroatoms. The first kappa shape index (κ1) is 24.4. The lowest BCUT2D eigenvalue weighted by Gasteiger charge is -2.37. The lowest BCUT2D eigenvalue weighted by Crippen LogP contribution is -2.42. The van der Waals surface area contributed by atoms with Crippen LogP contribution in [0.25, 0.3) is 0 Å². The molecule has 1 aromatic carbocycles. The Morgan fingerprint density at radius 2 is 2.09 bits per heavy atom. The summed E-state index contributed by atoms with van der Waals surface area (Å²) in [5, 5.41) is 11.9. The minimum absolute atomic E-state index is 0.0464. The van der Waals surface area contributed by atoms with Gasteiger partial charge in [0.15, 0.2) is 0 Å². The molecule has 35 heavy (non-hydrogen) atoms. The third kappa shape index (κ3) is 5.43. The summed E-state index contributed by atoms with van der Waals surface area (Å²) >= 11 is 1.54. The number of piperidine rings is 1. The van der Waals surface area contributed by atoms with Gasteiger partial charge in [0.05, 0.1) is 36.4 Å². The van der Waals surface area contributed by atoms with Crippen molar-refractivity contribution in [3.05, 3.63) is 39.8 Å². The fourth-order valence-corrected chi connectivity index (χ4v) is 6.01. The molecule has 3 aliphatic rings. The second-order valence-corrected chi connectivity index (χ2v) is 10.5. The number of aliphatic hydroxyl groups is 1. The minimum atomic E-state index is -0.582. The molecule has 0 bridgehead atoms. The van der Waals surface area contributed by atoms with Crippen LogP contribution in [-0.2, 0) is 16.1 Å². The molecule has 0 spiro atoms. The van der Waals surface area contributed by atoms with E-state index in [1.54, 1.807) is 7.11 Å². The number of methoxy groups -OCH3 is 1. The number of aromatic nitrogens is 1. The quantitative estimate of drug-likeness (QED) is 0.654. The maximum absolute atomic E-state index is 11.2. The number of rotatable bonds is 6. The maximum atomic E-state index is 11.2. The van der Waals surface area contributed by atoms with Crippen LogP contribution in [-0.4, -0.2) is 79.6 Å². The van der Waals surface area contributed by atoms with Crippen molar-refractivity contribution in [2.75, 3.05) is 51.4 Å². The summed E-state index contributed by atoms with van der Waals surface area (Å²) in [5.74, 6) is 1.10. The highest BCUT2D eigenvalue weighted by molar-refractivity contribution is 7.11. The third-order valence-electron chi connectivity index (χ3n) is 7.01. The number of ether oxygens (including phenoxy) is 2. The van der Waals surface area contributed by atoms with E-state index < -0.39 is 6.10 Å². The second kappa shape index (κ2) is 11.2. The van der Waals surface area contributed by atoms with Crippen LogP contribution in [0.3, 0.4) is 0 Å². The van der Waals surface area contributed by atoms with Crippen LogP contribution < -0.4 is 4.90 Å². The second-order valence-electron chi connectivity index (χ2n) is 9.40. The van der Waals surface area contributed by atoms with Gasteiger partial charge in [0.2, 0.25) is 0 Å². The van der Waals surface area contributed by atoms with Gasteiger partial charge in [0.25, 0.3) is 0 Å². The number of aliphatic imine (C=N–C) groups is 2. The van der Waals surface area contributed by atoms with Gasteiger partial charge in [0.1, 0.15) is 16.9 Å². The van der Waals surface area contributed by atoms with Crippen molar-refractivity contribution in [3.8, 4) is 0 Å². The van der Waals surface area contributed by atoms with Gasteiger partial charge in [-0.3, -0.25) is 9.98 Å².